The fourth-order valence-corrected chi connectivity index (χ4v) is 2.15. The van der Waals surface area contributed by atoms with Crippen LogP contribution in [0.2, 0.25) is 0 Å². The number of hydrogen-bond acceptors (Lipinski definition) is 3. The Morgan fingerprint density at radius 1 is 0.895 bits per heavy atom. The van der Waals surface area contributed by atoms with Gasteiger partial charge in [-0.15, -0.1) is 0 Å². The predicted octanol–water partition coefficient (Wildman–Crippen LogP) is 1.54. The molecule has 3 heteroatoms. The highest BCUT2D eigenvalue weighted by Gasteiger charge is 2.08. The van der Waals surface area contributed by atoms with E-state index >= 15 is 0 Å². The summed E-state index contributed by atoms with van der Waals surface area (Å²) in [5.74, 6) is 0. The van der Waals surface area contributed by atoms with Gasteiger partial charge in [-0.1, -0.05) is 43.0 Å². The van der Waals surface area contributed by atoms with Gasteiger partial charge in [0.15, 0.2) is 10.9 Å². The summed E-state index contributed by atoms with van der Waals surface area (Å²) < 4.78 is 4.25. The minimum Gasteiger partial charge on any atom is -0.388 e. The third-order valence-electron chi connectivity index (χ3n) is 2.94. The average Bonchev–Trinajstić information content (AvgIpc) is 2.43. The van der Waals surface area contributed by atoms with Crippen LogP contribution in [0.5, 0.6) is 0 Å². The van der Waals surface area contributed by atoms with Crippen molar-refractivity contribution in [3.8, 4) is 0 Å². The maximum absolute atomic E-state index is 11.9. The summed E-state index contributed by atoms with van der Waals surface area (Å²) in [4.78, 5) is 23.8. The van der Waals surface area contributed by atoms with Gasteiger partial charge in [-0.25, -0.2) is 0 Å². The zero-order chi connectivity index (χ0) is 14.0. The maximum Gasteiger partial charge on any atom is 0.197 e. The Morgan fingerprint density at radius 2 is 1.32 bits per heavy atom. The lowest BCUT2D eigenvalue weighted by atomic mass is 9.99. The minimum atomic E-state index is -0.255. The molecule has 0 saturated heterocycles. The molecular formula is C16H14O3. The van der Waals surface area contributed by atoms with Crippen molar-refractivity contribution in [3.63, 3.8) is 0 Å². The summed E-state index contributed by atoms with van der Waals surface area (Å²) in [5, 5.41) is 2.90. The molecule has 0 radical (unpaired) electrons. The third kappa shape index (κ3) is 2.09. The van der Waals surface area contributed by atoms with Crippen molar-refractivity contribution in [1.82, 2.24) is 0 Å². The number of hydrogen-bond donors (Lipinski definition) is 0. The zero-order valence-corrected chi connectivity index (χ0v) is 10.9. The quantitative estimate of drug-likeness (QED) is 0.611. The summed E-state index contributed by atoms with van der Waals surface area (Å²) in [6.45, 7) is 3.56. The van der Waals surface area contributed by atoms with Gasteiger partial charge >= 0.3 is 0 Å². The van der Waals surface area contributed by atoms with Gasteiger partial charge in [0.2, 0.25) is 0 Å². The van der Waals surface area contributed by atoms with E-state index in [2.05, 4.69) is 11.3 Å². The molecule has 0 atom stereocenters. The SMILES string of the molecule is C=c1c(=O)c2cccc3cccc(c1=O)c32.COC. The molecule has 0 unspecified atom stereocenters. The van der Waals surface area contributed by atoms with Gasteiger partial charge in [0.05, 0.1) is 5.22 Å². The van der Waals surface area contributed by atoms with E-state index < -0.39 is 0 Å². The van der Waals surface area contributed by atoms with E-state index in [-0.39, 0.29) is 16.1 Å². The van der Waals surface area contributed by atoms with Gasteiger partial charge in [0, 0.05) is 30.4 Å². The van der Waals surface area contributed by atoms with Crippen LogP contribution in [0.4, 0.5) is 0 Å². The largest absolute Gasteiger partial charge is 0.388 e. The van der Waals surface area contributed by atoms with E-state index in [4.69, 9.17) is 0 Å². The Hall–Kier alpha value is -2.26. The molecule has 3 aromatic carbocycles. The highest BCUT2D eigenvalue weighted by atomic mass is 16.4. The van der Waals surface area contributed by atoms with Crippen molar-refractivity contribution < 1.29 is 4.74 Å². The second-order valence-electron chi connectivity index (χ2n) is 4.25. The first kappa shape index (κ1) is 13.2. The Balaban J connectivity index is 0.000000408. The van der Waals surface area contributed by atoms with Gasteiger partial charge < -0.3 is 4.74 Å². The summed E-state index contributed by atoms with van der Waals surface area (Å²) >= 11 is 0. The van der Waals surface area contributed by atoms with E-state index in [0.29, 0.717) is 10.8 Å². The van der Waals surface area contributed by atoms with Crippen LogP contribution in [-0.4, -0.2) is 14.2 Å². The molecule has 0 N–H and O–H groups in total. The fraction of sp³-hybridized carbons (Fsp3) is 0.125. The molecule has 19 heavy (non-hydrogen) atoms. The number of benzene rings is 3. The molecule has 3 rings (SSSR count). The highest BCUT2D eigenvalue weighted by Crippen LogP contribution is 2.20. The van der Waals surface area contributed by atoms with E-state index in [1.165, 1.54) is 0 Å². The monoisotopic (exact) mass is 254 g/mol. The van der Waals surface area contributed by atoms with E-state index in [1.807, 2.05) is 24.3 Å². The first-order chi connectivity index (χ1) is 9.11. The molecule has 0 amide bonds. The molecule has 0 aliphatic heterocycles. The second-order valence-corrected chi connectivity index (χ2v) is 4.25. The molecule has 96 valence electrons. The topological polar surface area (TPSA) is 43.4 Å². The summed E-state index contributed by atoms with van der Waals surface area (Å²) in [6.07, 6.45) is 0. The molecule has 0 fully saturated rings. The van der Waals surface area contributed by atoms with Crippen LogP contribution in [0, 0.1) is 0 Å². The standard InChI is InChI=1S/C14H8O2.C2H6O/c1-8-13(15)10-6-2-4-9-5-3-7-11(12(9)10)14(8)16;1-3-2/h2-7H,1H2;1-2H3. The van der Waals surface area contributed by atoms with Crippen molar-refractivity contribution >= 4 is 28.1 Å². The van der Waals surface area contributed by atoms with Crippen LogP contribution in [0.3, 0.4) is 0 Å². The Kier molecular flexibility index (Phi) is 3.58. The van der Waals surface area contributed by atoms with Crippen LogP contribution in [-0.2, 0) is 4.74 Å². The number of methoxy groups -OCH3 is 1. The molecule has 0 aliphatic rings. The summed E-state index contributed by atoms with van der Waals surface area (Å²) in [7, 11) is 3.25. The molecule has 3 aromatic rings. The number of ether oxygens (including phenoxy) is 1. The van der Waals surface area contributed by atoms with E-state index in [1.54, 1.807) is 26.4 Å². The van der Waals surface area contributed by atoms with E-state index in [0.717, 1.165) is 10.8 Å². The molecule has 0 heterocycles. The van der Waals surface area contributed by atoms with Gasteiger partial charge in [-0.3, -0.25) is 9.59 Å². The van der Waals surface area contributed by atoms with Crippen LogP contribution >= 0.6 is 0 Å². The maximum atomic E-state index is 11.9. The third-order valence-corrected chi connectivity index (χ3v) is 2.94. The lowest BCUT2D eigenvalue weighted by Crippen LogP contribution is -2.37. The van der Waals surface area contributed by atoms with Crippen LogP contribution in [0.25, 0.3) is 28.1 Å². The summed E-state index contributed by atoms with van der Waals surface area (Å²) in [5.41, 5.74) is -0.511. The first-order valence-electron chi connectivity index (χ1n) is 5.82. The average molecular weight is 254 g/mol. The Bertz CT molecular complexity index is 803. The van der Waals surface area contributed by atoms with Crippen LogP contribution in [0.15, 0.2) is 46.0 Å². The zero-order valence-electron chi connectivity index (χ0n) is 10.9. The molecule has 0 aromatic heterocycles. The van der Waals surface area contributed by atoms with Gasteiger partial charge in [-0.2, -0.15) is 0 Å². The van der Waals surface area contributed by atoms with Crippen molar-refractivity contribution in [3.05, 3.63) is 62.1 Å². The van der Waals surface area contributed by atoms with Crippen molar-refractivity contribution in [1.29, 1.82) is 0 Å². The molecule has 0 aliphatic carbocycles. The Morgan fingerprint density at radius 3 is 1.74 bits per heavy atom. The van der Waals surface area contributed by atoms with Gasteiger partial charge in [0.25, 0.3) is 0 Å². The highest BCUT2D eigenvalue weighted by molar-refractivity contribution is 6.09. The molecular weight excluding hydrogens is 240 g/mol. The lowest BCUT2D eigenvalue weighted by Gasteiger charge is -2.02. The normalized spacial score (nSPS) is 10.4. The fourth-order valence-electron chi connectivity index (χ4n) is 2.15. The van der Waals surface area contributed by atoms with Crippen LogP contribution in [0.1, 0.15) is 0 Å². The van der Waals surface area contributed by atoms with Gasteiger partial charge in [0.1, 0.15) is 0 Å². The molecule has 0 saturated carbocycles. The molecule has 3 nitrogen and oxygen atoms in total. The Labute approximate surface area is 110 Å². The van der Waals surface area contributed by atoms with Crippen molar-refractivity contribution in [2.75, 3.05) is 14.2 Å². The molecule has 0 spiro atoms. The summed E-state index contributed by atoms with van der Waals surface area (Å²) in [6, 6.07) is 10.9. The van der Waals surface area contributed by atoms with E-state index in [9.17, 15) is 9.59 Å². The first-order valence-corrected chi connectivity index (χ1v) is 5.82. The smallest absolute Gasteiger partial charge is 0.197 e. The van der Waals surface area contributed by atoms with Crippen molar-refractivity contribution in [2.24, 2.45) is 0 Å². The second kappa shape index (κ2) is 5.16. The lowest BCUT2D eigenvalue weighted by molar-refractivity contribution is 0.277. The minimum absolute atomic E-state index is 0.0613. The number of rotatable bonds is 0. The molecule has 0 bridgehead atoms. The van der Waals surface area contributed by atoms with Gasteiger partial charge in [-0.05, 0) is 5.39 Å². The predicted molar refractivity (Wildman–Crippen MR) is 78.9 cm³/mol. The van der Waals surface area contributed by atoms with Crippen molar-refractivity contribution in [2.45, 2.75) is 0 Å². The van der Waals surface area contributed by atoms with Crippen LogP contribution < -0.4 is 16.1 Å².